The lowest BCUT2D eigenvalue weighted by molar-refractivity contribution is -0.129. The zero-order valence-electron chi connectivity index (χ0n) is 16.3. The van der Waals surface area contributed by atoms with Crippen molar-refractivity contribution in [2.75, 3.05) is 0 Å². The van der Waals surface area contributed by atoms with E-state index in [2.05, 4.69) is 4.99 Å². The van der Waals surface area contributed by atoms with Crippen LogP contribution in [-0.2, 0) is 19.6 Å². The van der Waals surface area contributed by atoms with E-state index in [0.717, 1.165) is 5.56 Å². The average Bonchev–Trinajstić information content (AvgIpc) is 3.10. The van der Waals surface area contributed by atoms with Gasteiger partial charge in [0.1, 0.15) is 10.6 Å². The van der Waals surface area contributed by atoms with Crippen molar-refractivity contribution in [3.05, 3.63) is 100 Å². The number of benzene rings is 3. The van der Waals surface area contributed by atoms with E-state index in [4.69, 9.17) is 20.5 Å². The van der Waals surface area contributed by atoms with E-state index in [1.165, 1.54) is 24.3 Å². The topological polar surface area (TPSA) is 82.0 Å². The van der Waals surface area contributed by atoms with Gasteiger partial charge in [-0.15, -0.1) is 0 Å². The van der Waals surface area contributed by atoms with Crippen molar-refractivity contribution in [1.29, 1.82) is 0 Å². The number of carbonyl (C=O) groups is 1. The minimum atomic E-state index is -4.06. The van der Waals surface area contributed by atoms with Gasteiger partial charge in [0.15, 0.2) is 5.70 Å². The van der Waals surface area contributed by atoms with Crippen LogP contribution in [0.2, 0.25) is 5.02 Å². The molecular formula is C23H16ClNO5S. The molecule has 3 aromatic carbocycles. The zero-order chi connectivity index (χ0) is 22.0. The molecule has 0 amide bonds. The third-order valence-electron chi connectivity index (χ3n) is 4.45. The quantitative estimate of drug-likeness (QED) is 0.316. The third-order valence-corrected chi connectivity index (χ3v) is 6.02. The van der Waals surface area contributed by atoms with Gasteiger partial charge in [-0.2, -0.15) is 8.42 Å². The maximum Gasteiger partial charge on any atom is 0.363 e. The Kier molecular flexibility index (Phi) is 5.63. The highest BCUT2D eigenvalue weighted by Crippen LogP contribution is 2.28. The van der Waals surface area contributed by atoms with Crippen LogP contribution < -0.4 is 4.18 Å². The Labute approximate surface area is 184 Å². The molecule has 1 aliphatic rings. The van der Waals surface area contributed by atoms with Crippen molar-refractivity contribution in [2.45, 2.75) is 11.8 Å². The monoisotopic (exact) mass is 453 g/mol. The van der Waals surface area contributed by atoms with Gasteiger partial charge in [-0.1, -0.05) is 59.6 Å². The van der Waals surface area contributed by atoms with Crippen LogP contribution in [0.4, 0.5) is 0 Å². The average molecular weight is 454 g/mol. The highest BCUT2D eigenvalue weighted by atomic mass is 35.5. The highest BCUT2D eigenvalue weighted by Gasteiger charge is 2.26. The smallest absolute Gasteiger partial charge is 0.363 e. The van der Waals surface area contributed by atoms with Crippen molar-refractivity contribution in [2.24, 2.45) is 4.99 Å². The Balaban J connectivity index is 1.67. The number of cyclic esters (lactones) is 1. The van der Waals surface area contributed by atoms with Gasteiger partial charge in [-0.3, -0.25) is 0 Å². The molecule has 0 bridgehead atoms. The van der Waals surface area contributed by atoms with Crippen LogP contribution in [0.3, 0.4) is 0 Å². The molecule has 0 saturated heterocycles. The Morgan fingerprint density at radius 2 is 1.65 bits per heavy atom. The number of nitrogens with zero attached hydrogens (tertiary/aromatic N) is 1. The lowest BCUT2D eigenvalue weighted by atomic mass is 10.1. The maximum atomic E-state index is 12.7. The molecule has 3 aromatic rings. The van der Waals surface area contributed by atoms with Crippen LogP contribution in [-0.4, -0.2) is 20.3 Å². The summed E-state index contributed by atoms with van der Waals surface area (Å²) in [7, 11) is -4.06. The van der Waals surface area contributed by atoms with Gasteiger partial charge in [0.2, 0.25) is 5.90 Å². The Hall–Kier alpha value is -3.42. The van der Waals surface area contributed by atoms with Crippen molar-refractivity contribution in [1.82, 2.24) is 0 Å². The number of rotatable bonds is 5. The Morgan fingerprint density at radius 3 is 2.39 bits per heavy atom. The second-order valence-corrected chi connectivity index (χ2v) is 8.66. The normalized spacial score (nSPS) is 15.0. The second-order valence-electron chi connectivity index (χ2n) is 6.70. The summed E-state index contributed by atoms with van der Waals surface area (Å²) >= 11 is 6.15. The molecule has 0 N–H and O–H groups in total. The van der Waals surface area contributed by atoms with Gasteiger partial charge in [-0.25, -0.2) is 9.79 Å². The molecule has 4 rings (SSSR count). The first-order chi connectivity index (χ1) is 14.8. The summed E-state index contributed by atoms with van der Waals surface area (Å²) in [4.78, 5) is 16.6. The van der Waals surface area contributed by atoms with Crippen LogP contribution >= 0.6 is 11.6 Å². The van der Waals surface area contributed by atoms with Gasteiger partial charge >= 0.3 is 16.1 Å². The van der Waals surface area contributed by atoms with Gasteiger partial charge < -0.3 is 8.92 Å². The molecule has 0 aliphatic carbocycles. The molecule has 8 heteroatoms. The standard InChI is InChI=1S/C23H16ClNO5S/c1-15-10-12-17(13-11-15)31(27,28)30-21-9-5-2-6-16(21)14-20-23(26)29-22(25-20)18-7-3-4-8-19(18)24/h2-14H,1H3/b20-14-. The molecule has 0 atom stereocenters. The summed E-state index contributed by atoms with van der Waals surface area (Å²) in [6, 6.07) is 19.6. The minimum Gasteiger partial charge on any atom is -0.402 e. The fourth-order valence-corrected chi connectivity index (χ4v) is 4.02. The number of carbonyl (C=O) groups excluding carboxylic acids is 1. The lowest BCUT2D eigenvalue weighted by Gasteiger charge is -2.09. The number of aliphatic imine (C=N–C) groups is 1. The maximum absolute atomic E-state index is 12.7. The molecule has 0 aromatic heterocycles. The first kappa shape index (κ1) is 20.8. The number of para-hydroxylation sites is 1. The number of esters is 1. The number of hydrogen-bond acceptors (Lipinski definition) is 6. The van der Waals surface area contributed by atoms with Gasteiger partial charge in [0.05, 0.1) is 10.6 Å². The van der Waals surface area contributed by atoms with Gasteiger partial charge in [0, 0.05) is 5.56 Å². The van der Waals surface area contributed by atoms with E-state index in [1.54, 1.807) is 54.6 Å². The molecule has 156 valence electrons. The fraction of sp³-hybridized carbons (Fsp3) is 0.0435. The molecule has 6 nitrogen and oxygen atoms in total. The van der Waals surface area contributed by atoms with Crippen LogP contribution in [0.1, 0.15) is 16.7 Å². The van der Waals surface area contributed by atoms with E-state index in [0.29, 0.717) is 16.1 Å². The van der Waals surface area contributed by atoms with E-state index < -0.39 is 16.1 Å². The SMILES string of the molecule is Cc1ccc(S(=O)(=O)Oc2ccccc2/C=C2\N=C(c3ccccc3Cl)OC2=O)cc1. The van der Waals surface area contributed by atoms with Crippen LogP contribution in [0.5, 0.6) is 5.75 Å². The second kappa shape index (κ2) is 8.37. The van der Waals surface area contributed by atoms with Gasteiger partial charge in [-0.05, 0) is 43.3 Å². The molecule has 1 aliphatic heterocycles. The van der Waals surface area contributed by atoms with E-state index in [-0.39, 0.29) is 22.2 Å². The highest BCUT2D eigenvalue weighted by molar-refractivity contribution is 7.87. The Morgan fingerprint density at radius 1 is 0.968 bits per heavy atom. The number of halogens is 1. The summed E-state index contributed by atoms with van der Waals surface area (Å²) in [6.45, 7) is 1.86. The predicted molar refractivity (Wildman–Crippen MR) is 117 cm³/mol. The molecule has 0 saturated carbocycles. The molecule has 31 heavy (non-hydrogen) atoms. The molecule has 0 fully saturated rings. The first-order valence-corrected chi connectivity index (χ1v) is 11.0. The van der Waals surface area contributed by atoms with E-state index in [9.17, 15) is 13.2 Å². The summed E-state index contributed by atoms with van der Waals surface area (Å²) in [5, 5.41) is 0.392. The van der Waals surface area contributed by atoms with Crippen molar-refractivity contribution >= 4 is 39.7 Å². The molecule has 0 unspecified atom stereocenters. The van der Waals surface area contributed by atoms with Crippen LogP contribution in [0.15, 0.2) is 88.4 Å². The summed E-state index contributed by atoms with van der Waals surface area (Å²) in [5.74, 6) is -0.539. The zero-order valence-corrected chi connectivity index (χ0v) is 17.9. The van der Waals surface area contributed by atoms with Crippen molar-refractivity contribution < 1.29 is 22.1 Å². The van der Waals surface area contributed by atoms with E-state index in [1.807, 2.05) is 6.92 Å². The summed E-state index contributed by atoms with van der Waals surface area (Å²) in [5.41, 5.74) is 1.76. The molecule has 0 spiro atoms. The number of hydrogen-bond donors (Lipinski definition) is 0. The minimum absolute atomic E-state index is 0.00120. The first-order valence-electron chi connectivity index (χ1n) is 9.21. The van der Waals surface area contributed by atoms with Crippen LogP contribution in [0.25, 0.3) is 6.08 Å². The fourth-order valence-electron chi connectivity index (χ4n) is 2.85. The molecule has 1 heterocycles. The summed E-state index contributed by atoms with van der Waals surface area (Å²) < 4.78 is 35.9. The number of ether oxygens (including phenoxy) is 1. The summed E-state index contributed by atoms with van der Waals surface area (Å²) in [6.07, 6.45) is 1.41. The largest absolute Gasteiger partial charge is 0.402 e. The molecule has 0 radical (unpaired) electrons. The Bertz CT molecular complexity index is 1330. The van der Waals surface area contributed by atoms with E-state index >= 15 is 0 Å². The predicted octanol–water partition coefficient (Wildman–Crippen LogP) is 4.76. The van der Waals surface area contributed by atoms with Gasteiger partial charge in [0.25, 0.3) is 0 Å². The van der Waals surface area contributed by atoms with Crippen molar-refractivity contribution in [3.8, 4) is 5.75 Å². The van der Waals surface area contributed by atoms with Crippen LogP contribution in [0, 0.1) is 6.92 Å². The third kappa shape index (κ3) is 4.52. The molecular weight excluding hydrogens is 438 g/mol. The number of aryl methyl sites for hydroxylation is 1. The lowest BCUT2D eigenvalue weighted by Crippen LogP contribution is -2.10. The van der Waals surface area contributed by atoms with Crippen molar-refractivity contribution in [3.63, 3.8) is 0 Å².